The molecule has 1 N–H and O–H groups in total. The quantitative estimate of drug-likeness (QED) is 0.783. The molecular formula is C15H26N2O. The molecule has 0 aromatic heterocycles. The van der Waals surface area contributed by atoms with E-state index in [2.05, 4.69) is 17.1 Å². The third-order valence-electron chi connectivity index (χ3n) is 4.68. The van der Waals surface area contributed by atoms with Crippen LogP contribution in [0.25, 0.3) is 0 Å². The molecular weight excluding hydrogens is 224 g/mol. The Kier molecular flexibility index (Phi) is 3.60. The van der Waals surface area contributed by atoms with Crippen LogP contribution in [0, 0.1) is 11.8 Å². The number of nitrogens with zero attached hydrogens (tertiary/aromatic N) is 1. The molecule has 3 rings (SSSR count). The summed E-state index contributed by atoms with van der Waals surface area (Å²) in [6.07, 6.45) is 8.77. The summed E-state index contributed by atoms with van der Waals surface area (Å²) < 4.78 is 0. The average Bonchev–Trinajstić information content (AvgIpc) is 3.24. The lowest BCUT2D eigenvalue weighted by Crippen LogP contribution is -2.55. The van der Waals surface area contributed by atoms with E-state index < -0.39 is 0 Å². The molecule has 3 fully saturated rings. The van der Waals surface area contributed by atoms with Gasteiger partial charge in [0.1, 0.15) is 0 Å². The van der Waals surface area contributed by atoms with Gasteiger partial charge < -0.3 is 10.2 Å². The van der Waals surface area contributed by atoms with Gasteiger partial charge >= 0.3 is 0 Å². The smallest absolute Gasteiger partial charge is 0.239 e. The first-order valence-corrected chi connectivity index (χ1v) is 7.85. The van der Waals surface area contributed by atoms with Crippen molar-refractivity contribution in [2.75, 3.05) is 13.1 Å². The fourth-order valence-electron chi connectivity index (χ4n) is 3.47. The van der Waals surface area contributed by atoms with Gasteiger partial charge in [-0.15, -0.1) is 0 Å². The van der Waals surface area contributed by atoms with E-state index in [0.717, 1.165) is 37.8 Å². The summed E-state index contributed by atoms with van der Waals surface area (Å²) in [5.74, 6) is 2.08. The van der Waals surface area contributed by atoms with Crippen LogP contribution in [0.15, 0.2) is 0 Å². The van der Waals surface area contributed by atoms with Crippen molar-refractivity contribution in [1.29, 1.82) is 0 Å². The van der Waals surface area contributed by atoms with Crippen molar-refractivity contribution in [3.63, 3.8) is 0 Å². The van der Waals surface area contributed by atoms with Crippen LogP contribution in [0.2, 0.25) is 0 Å². The Morgan fingerprint density at radius 2 is 1.89 bits per heavy atom. The number of nitrogens with one attached hydrogen (secondary N) is 1. The number of rotatable bonds is 6. The van der Waals surface area contributed by atoms with Crippen LogP contribution < -0.4 is 5.32 Å². The first-order valence-electron chi connectivity index (χ1n) is 7.85. The minimum Gasteiger partial charge on any atom is -0.338 e. The molecule has 0 radical (unpaired) electrons. The summed E-state index contributed by atoms with van der Waals surface area (Å²) in [6.45, 7) is 4.15. The maximum absolute atomic E-state index is 12.6. The summed E-state index contributed by atoms with van der Waals surface area (Å²) in [6, 6.07) is 0.711. The minimum atomic E-state index is 0.110. The van der Waals surface area contributed by atoms with E-state index in [1.165, 1.54) is 32.1 Å². The van der Waals surface area contributed by atoms with Crippen molar-refractivity contribution in [2.45, 2.75) is 64.0 Å². The van der Waals surface area contributed by atoms with Gasteiger partial charge in [0.2, 0.25) is 5.91 Å². The van der Waals surface area contributed by atoms with E-state index in [0.29, 0.717) is 11.9 Å². The lowest BCUT2D eigenvalue weighted by Gasteiger charge is -2.39. The molecule has 3 aliphatic rings. The zero-order valence-electron chi connectivity index (χ0n) is 11.5. The minimum absolute atomic E-state index is 0.110. The molecule has 102 valence electrons. The number of likely N-dealkylation sites (tertiary alicyclic amines) is 1. The Morgan fingerprint density at radius 1 is 1.22 bits per heavy atom. The van der Waals surface area contributed by atoms with Gasteiger partial charge in [0, 0.05) is 12.6 Å². The van der Waals surface area contributed by atoms with E-state index in [4.69, 9.17) is 0 Å². The van der Waals surface area contributed by atoms with Crippen molar-refractivity contribution < 1.29 is 4.79 Å². The highest BCUT2D eigenvalue weighted by molar-refractivity contribution is 5.83. The highest BCUT2D eigenvalue weighted by atomic mass is 16.2. The van der Waals surface area contributed by atoms with Crippen molar-refractivity contribution in [3.05, 3.63) is 0 Å². The van der Waals surface area contributed by atoms with E-state index in [9.17, 15) is 4.79 Å². The fourth-order valence-corrected chi connectivity index (χ4v) is 3.47. The van der Waals surface area contributed by atoms with Crippen LogP contribution in [-0.2, 0) is 4.79 Å². The molecule has 3 heteroatoms. The third kappa shape index (κ3) is 2.56. The maximum atomic E-state index is 12.6. The lowest BCUT2D eigenvalue weighted by molar-refractivity contribution is -0.139. The predicted octanol–water partition coefficient (Wildman–Crippen LogP) is 2.17. The summed E-state index contributed by atoms with van der Waals surface area (Å²) in [4.78, 5) is 14.9. The first kappa shape index (κ1) is 12.5. The molecule has 3 nitrogen and oxygen atoms in total. The summed E-state index contributed by atoms with van der Waals surface area (Å²) in [5, 5.41) is 3.43. The SMILES string of the molecule is CCCNC1CCCN(C(C2CC2)C2CC2)C1=O. The molecule has 2 saturated carbocycles. The second-order valence-electron chi connectivity index (χ2n) is 6.35. The average molecular weight is 250 g/mol. The predicted molar refractivity (Wildman–Crippen MR) is 72.3 cm³/mol. The Bertz CT molecular complexity index is 298. The van der Waals surface area contributed by atoms with Gasteiger partial charge in [-0.3, -0.25) is 4.79 Å². The van der Waals surface area contributed by atoms with Gasteiger partial charge in [-0.2, -0.15) is 0 Å². The molecule has 18 heavy (non-hydrogen) atoms. The summed E-state index contributed by atoms with van der Waals surface area (Å²) in [7, 11) is 0. The highest BCUT2D eigenvalue weighted by Gasteiger charge is 2.47. The van der Waals surface area contributed by atoms with Crippen molar-refractivity contribution in [3.8, 4) is 0 Å². The normalized spacial score (nSPS) is 29.1. The standard InChI is InChI=1S/C15H26N2O/c1-2-9-16-13-4-3-10-17(15(13)18)14(11-5-6-11)12-7-8-12/h11-14,16H,2-10H2,1H3. The van der Waals surface area contributed by atoms with Crippen LogP contribution in [-0.4, -0.2) is 36.0 Å². The van der Waals surface area contributed by atoms with Crippen LogP contribution in [0.4, 0.5) is 0 Å². The molecule has 0 bridgehead atoms. The monoisotopic (exact) mass is 250 g/mol. The van der Waals surface area contributed by atoms with Gasteiger partial charge in [-0.1, -0.05) is 6.92 Å². The molecule has 0 spiro atoms. The maximum Gasteiger partial charge on any atom is 0.239 e. The second kappa shape index (κ2) is 5.20. The third-order valence-corrected chi connectivity index (χ3v) is 4.68. The molecule has 1 aliphatic heterocycles. The van der Waals surface area contributed by atoms with E-state index >= 15 is 0 Å². The van der Waals surface area contributed by atoms with Crippen LogP contribution in [0.3, 0.4) is 0 Å². The molecule has 1 unspecified atom stereocenters. The molecule has 1 heterocycles. The topological polar surface area (TPSA) is 32.3 Å². The Labute approximate surface area is 110 Å². The zero-order valence-corrected chi connectivity index (χ0v) is 11.5. The number of amides is 1. The number of carbonyl (C=O) groups excluding carboxylic acids is 1. The number of piperidine rings is 1. The summed E-state index contributed by atoms with van der Waals surface area (Å²) in [5.41, 5.74) is 0. The number of carbonyl (C=O) groups is 1. The molecule has 1 saturated heterocycles. The molecule has 1 amide bonds. The van der Waals surface area contributed by atoms with Crippen molar-refractivity contribution >= 4 is 5.91 Å². The first-order chi connectivity index (χ1) is 8.81. The molecule has 1 atom stereocenters. The Hall–Kier alpha value is -0.570. The van der Waals surface area contributed by atoms with Gasteiger partial charge in [-0.05, 0) is 63.3 Å². The Balaban J connectivity index is 1.64. The molecule has 2 aliphatic carbocycles. The van der Waals surface area contributed by atoms with Gasteiger partial charge in [-0.25, -0.2) is 0 Å². The van der Waals surface area contributed by atoms with Crippen molar-refractivity contribution in [2.24, 2.45) is 11.8 Å². The zero-order chi connectivity index (χ0) is 12.5. The fraction of sp³-hybridized carbons (Fsp3) is 0.933. The van der Waals surface area contributed by atoms with E-state index in [-0.39, 0.29) is 6.04 Å². The largest absolute Gasteiger partial charge is 0.338 e. The van der Waals surface area contributed by atoms with Crippen LogP contribution in [0.5, 0.6) is 0 Å². The summed E-state index contributed by atoms with van der Waals surface area (Å²) >= 11 is 0. The Morgan fingerprint density at radius 3 is 2.44 bits per heavy atom. The van der Waals surface area contributed by atoms with Crippen LogP contribution in [0.1, 0.15) is 51.9 Å². The van der Waals surface area contributed by atoms with Gasteiger partial charge in [0.05, 0.1) is 6.04 Å². The highest BCUT2D eigenvalue weighted by Crippen LogP contribution is 2.47. The molecule has 0 aromatic carbocycles. The lowest BCUT2D eigenvalue weighted by atomic mass is 9.98. The molecule has 0 aromatic rings. The van der Waals surface area contributed by atoms with Crippen molar-refractivity contribution in [1.82, 2.24) is 10.2 Å². The van der Waals surface area contributed by atoms with E-state index in [1.807, 2.05) is 0 Å². The van der Waals surface area contributed by atoms with Crippen LogP contribution >= 0.6 is 0 Å². The number of hydrogen-bond donors (Lipinski definition) is 1. The van der Waals surface area contributed by atoms with E-state index in [1.54, 1.807) is 0 Å². The van der Waals surface area contributed by atoms with Gasteiger partial charge in [0.25, 0.3) is 0 Å². The second-order valence-corrected chi connectivity index (χ2v) is 6.35. The number of hydrogen-bond acceptors (Lipinski definition) is 2. The van der Waals surface area contributed by atoms with Gasteiger partial charge in [0.15, 0.2) is 0 Å².